The van der Waals surface area contributed by atoms with Crippen molar-refractivity contribution < 1.29 is 14.6 Å². The van der Waals surface area contributed by atoms with Crippen molar-refractivity contribution in [3.05, 3.63) is 23.8 Å². The van der Waals surface area contributed by atoms with Crippen LogP contribution in [0.3, 0.4) is 0 Å². The first-order valence-corrected chi connectivity index (χ1v) is 3.10. The molecule has 0 aliphatic carbocycles. The molecule has 1 aromatic rings. The van der Waals surface area contributed by atoms with Crippen LogP contribution < -0.4 is 4.74 Å². The third kappa shape index (κ3) is 2.47. The summed E-state index contributed by atoms with van der Waals surface area (Å²) in [6.45, 7) is 0. The first kappa shape index (κ1) is 11.4. The third-order valence-corrected chi connectivity index (χ3v) is 1.34. The van der Waals surface area contributed by atoms with Gasteiger partial charge in [0.25, 0.3) is 0 Å². The largest absolute Gasteiger partial charge is 0.504 e. The summed E-state index contributed by atoms with van der Waals surface area (Å²) < 4.78 is 4.78. The Morgan fingerprint density at radius 3 is 2.67 bits per heavy atom. The molecule has 0 aromatic heterocycles. The zero-order valence-electron chi connectivity index (χ0n) is 6.57. The van der Waals surface area contributed by atoms with Gasteiger partial charge in [0.05, 0.1) is 7.11 Å². The van der Waals surface area contributed by atoms with Crippen LogP contribution in [0.25, 0.3) is 0 Å². The molecule has 0 aliphatic heterocycles. The number of aldehydes is 1. The third-order valence-electron chi connectivity index (χ3n) is 1.34. The fourth-order valence-corrected chi connectivity index (χ4v) is 0.768. The molecule has 0 bridgehead atoms. The summed E-state index contributed by atoms with van der Waals surface area (Å²) in [6.07, 6.45) is 0.696. The molecule has 0 atom stereocenters. The molecule has 62 valence electrons. The summed E-state index contributed by atoms with van der Waals surface area (Å²) in [5.41, 5.74) is 0.486. The van der Waals surface area contributed by atoms with Gasteiger partial charge >= 0.3 is 0 Å². The fraction of sp³-hybridized carbons (Fsp3) is 0.125. The molecule has 1 rings (SSSR count). The molecule has 0 unspecified atom stereocenters. The molecule has 3 nitrogen and oxygen atoms in total. The van der Waals surface area contributed by atoms with E-state index in [2.05, 4.69) is 0 Å². The van der Waals surface area contributed by atoms with Crippen molar-refractivity contribution in [2.24, 2.45) is 0 Å². The Morgan fingerprint density at radius 2 is 2.17 bits per heavy atom. The van der Waals surface area contributed by atoms with Gasteiger partial charge in [-0.3, -0.25) is 4.79 Å². The molecule has 4 radical (unpaired) electrons. The molecule has 1 aromatic carbocycles. The number of aromatic hydroxyl groups is 1. The summed E-state index contributed by atoms with van der Waals surface area (Å²) in [5.74, 6) is 0.354. The van der Waals surface area contributed by atoms with Gasteiger partial charge < -0.3 is 9.84 Å². The summed E-state index contributed by atoms with van der Waals surface area (Å²) in [6, 6.07) is 4.41. The van der Waals surface area contributed by atoms with E-state index in [9.17, 15) is 4.79 Å². The van der Waals surface area contributed by atoms with Crippen molar-refractivity contribution >= 4 is 33.6 Å². The molecule has 0 saturated carbocycles. The topological polar surface area (TPSA) is 46.5 Å². The molecule has 0 amide bonds. The van der Waals surface area contributed by atoms with Gasteiger partial charge in [-0.2, -0.15) is 0 Å². The van der Waals surface area contributed by atoms with Gasteiger partial charge in [0.1, 0.15) is 6.29 Å². The van der Waals surface area contributed by atoms with E-state index in [-0.39, 0.29) is 33.0 Å². The van der Waals surface area contributed by atoms with Crippen molar-refractivity contribution in [2.75, 3.05) is 7.11 Å². The zero-order valence-corrected chi connectivity index (χ0v) is 10.5. The van der Waals surface area contributed by atoms with Crippen molar-refractivity contribution in [1.29, 1.82) is 0 Å². The first-order valence-electron chi connectivity index (χ1n) is 3.10. The number of carbonyl (C=O) groups excluding carboxylic acids is 1. The second kappa shape index (κ2) is 5.13. The molecule has 4 heteroatoms. The van der Waals surface area contributed by atoms with E-state index in [1.165, 1.54) is 25.3 Å². The van der Waals surface area contributed by atoms with Gasteiger partial charge in [0, 0.05) is 32.9 Å². The van der Waals surface area contributed by atoms with Crippen LogP contribution in [-0.2, 0) is 0 Å². The Balaban J connectivity index is 0.00000121. The molecule has 12 heavy (non-hydrogen) atoms. The van der Waals surface area contributed by atoms with Crippen LogP contribution in [0.1, 0.15) is 10.4 Å². The monoisotopic (exact) mass is 360 g/mol. The summed E-state index contributed by atoms with van der Waals surface area (Å²) in [5, 5.41) is 9.09. The zero-order chi connectivity index (χ0) is 8.27. The minimum Gasteiger partial charge on any atom is -0.504 e. The first-order chi connectivity index (χ1) is 5.27. The second-order valence-corrected chi connectivity index (χ2v) is 2.05. The predicted octanol–water partition coefficient (Wildman–Crippen LogP) is 0.832. The number of benzene rings is 1. The minimum absolute atomic E-state index is 0. The van der Waals surface area contributed by atoms with E-state index in [0.717, 1.165) is 0 Å². The predicted molar refractivity (Wildman–Crippen MR) is 45.8 cm³/mol. The molecule has 1 N–H and O–H groups in total. The van der Waals surface area contributed by atoms with Crippen molar-refractivity contribution in [3.63, 3.8) is 0 Å². The normalized spacial score (nSPS) is 8.42. The number of carbonyl (C=O) groups is 1. The molecule has 0 spiro atoms. The average molecular weight is 359 g/mol. The Kier molecular flexibility index (Phi) is 4.88. The quantitative estimate of drug-likeness (QED) is 0.629. The maximum absolute atomic E-state index is 10.2. The Labute approximate surface area is 90.5 Å². The van der Waals surface area contributed by atoms with Crippen molar-refractivity contribution in [1.82, 2.24) is 0 Å². The molecular formula is C8H8O3Pb. The number of ether oxygens (including phenoxy) is 1. The maximum atomic E-state index is 10.2. The van der Waals surface area contributed by atoms with E-state index >= 15 is 0 Å². The van der Waals surface area contributed by atoms with Crippen molar-refractivity contribution in [3.8, 4) is 11.5 Å². The van der Waals surface area contributed by atoms with Gasteiger partial charge in [0.15, 0.2) is 11.5 Å². The Hall–Kier alpha value is -0.588. The van der Waals surface area contributed by atoms with Crippen LogP contribution in [0.4, 0.5) is 0 Å². The van der Waals surface area contributed by atoms with Gasteiger partial charge in [-0.05, 0) is 18.2 Å². The van der Waals surface area contributed by atoms with Gasteiger partial charge in [0.2, 0.25) is 0 Å². The molecule has 0 fully saturated rings. The van der Waals surface area contributed by atoms with Crippen molar-refractivity contribution in [2.45, 2.75) is 0 Å². The SMILES string of the molecule is COc1cc(C=O)ccc1O.[Pb]. The number of phenolic OH excluding ortho intramolecular Hbond substituents is 1. The van der Waals surface area contributed by atoms with Crippen LogP contribution in [0.5, 0.6) is 11.5 Å². The number of rotatable bonds is 2. The van der Waals surface area contributed by atoms with Crippen LogP contribution >= 0.6 is 0 Å². The van der Waals surface area contributed by atoms with Crippen LogP contribution in [0.2, 0.25) is 0 Å². The second-order valence-electron chi connectivity index (χ2n) is 2.05. The number of phenols is 1. The number of hydrogen-bond donors (Lipinski definition) is 1. The van der Waals surface area contributed by atoms with Gasteiger partial charge in [-0.15, -0.1) is 0 Å². The molecule has 0 aliphatic rings. The smallest absolute Gasteiger partial charge is 0.161 e. The van der Waals surface area contributed by atoms with Crippen LogP contribution in [-0.4, -0.2) is 45.8 Å². The number of hydrogen-bond acceptors (Lipinski definition) is 3. The summed E-state index contributed by atoms with van der Waals surface area (Å²) in [7, 11) is 1.43. The number of methoxy groups -OCH3 is 1. The van der Waals surface area contributed by atoms with Crippen LogP contribution in [0.15, 0.2) is 18.2 Å². The van der Waals surface area contributed by atoms with E-state index in [1.807, 2.05) is 0 Å². The Morgan fingerprint density at radius 1 is 1.50 bits per heavy atom. The van der Waals surface area contributed by atoms with Gasteiger partial charge in [-0.1, -0.05) is 0 Å². The van der Waals surface area contributed by atoms with E-state index in [4.69, 9.17) is 9.84 Å². The van der Waals surface area contributed by atoms with E-state index in [0.29, 0.717) is 17.6 Å². The van der Waals surface area contributed by atoms with Gasteiger partial charge in [-0.25, -0.2) is 0 Å². The Bertz CT molecular complexity index is 273. The van der Waals surface area contributed by atoms with Crippen LogP contribution in [0, 0.1) is 0 Å². The minimum atomic E-state index is 0. The average Bonchev–Trinajstić information content (AvgIpc) is 2.05. The standard InChI is InChI=1S/C8H8O3.Pb/c1-11-8-4-6(5-9)2-3-7(8)10;/h2-5,10H,1H3;. The maximum Gasteiger partial charge on any atom is 0.161 e. The van der Waals surface area contributed by atoms with E-state index in [1.54, 1.807) is 0 Å². The molecule has 0 heterocycles. The summed E-state index contributed by atoms with van der Waals surface area (Å²) in [4.78, 5) is 10.2. The summed E-state index contributed by atoms with van der Waals surface area (Å²) >= 11 is 0. The fourth-order valence-electron chi connectivity index (χ4n) is 0.768. The molecule has 0 saturated heterocycles. The van der Waals surface area contributed by atoms with E-state index < -0.39 is 0 Å². The molecular weight excluding hydrogens is 351 g/mol.